The third-order valence-electron chi connectivity index (χ3n) is 2.36. The average Bonchev–Trinajstić information content (AvgIpc) is 2.29. The largest absolute Gasteiger partial charge is 0.479 e. The third-order valence-corrected chi connectivity index (χ3v) is 2.36. The number of benzene rings is 1. The van der Waals surface area contributed by atoms with Gasteiger partial charge >= 0.3 is 5.97 Å². The summed E-state index contributed by atoms with van der Waals surface area (Å²) in [6.45, 7) is 5.92. The summed E-state index contributed by atoms with van der Waals surface area (Å²) < 4.78 is 18.6. The summed E-state index contributed by atoms with van der Waals surface area (Å²) in [5.41, 5.74) is 0.788. The van der Waals surface area contributed by atoms with Gasteiger partial charge in [-0.2, -0.15) is 0 Å². The van der Waals surface area contributed by atoms with Crippen molar-refractivity contribution < 1.29 is 19.0 Å². The quantitative estimate of drug-likeness (QED) is 0.818. The first-order valence-corrected chi connectivity index (χ1v) is 5.81. The van der Waals surface area contributed by atoms with Crippen molar-refractivity contribution in [2.75, 3.05) is 0 Å². The number of hydrogen-bond donors (Lipinski definition) is 2. The minimum absolute atomic E-state index is 0.0433. The van der Waals surface area contributed by atoms with Crippen molar-refractivity contribution in [2.45, 2.75) is 39.5 Å². The van der Waals surface area contributed by atoms with E-state index in [9.17, 15) is 9.18 Å². The molecule has 1 aromatic carbocycles. The second-order valence-corrected chi connectivity index (χ2v) is 4.40. The minimum Gasteiger partial charge on any atom is -0.479 e. The maximum atomic E-state index is 13.7. The van der Waals surface area contributed by atoms with Crippen LogP contribution in [0.4, 0.5) is 4.39 Å². The number of halogens is 1. The lowest BCUT2D eigenvalue weighted by molar-refractivity contribution is -0.144. The van der Waals surface area contributed by atoms with Crippen molar-refractivity contribution in [3.05, 3.63) is 29.6 Å². The Morgan fingerprint density at radius 3 is 2.61 bits per heavy atom. The first-order chi connectivity index (χ1) is 8.40. The highest BCUT2D eigenvalue weighted by Crippen LogP contribution is 2.19. The summed E-state index contributed by atoms with van der Waals surface area (Å²) in [6, 6.07) is 4.82. The SMILES string of the molecule is CC(C)NCc1ccc(OC(C)C(=O)O)c(F)c1. The molecular weight excluding hydrogens is 237 g/mol. The topological polar surface area (TPSA) is 58.6 Å². The Kier molecular flexibility index (Phi) is 5.09. The Hall–Kier alpha value is -1.62. The fourth-order valence-electron chi connectivity index (χ4n) is 1.31. The highest BCUT2D eigenvalue weighted by Gasteiger charge is 2.15. The van der Waals surface area contributed by atoms with Crippen LogP contribution in [-0.2, 0) is 11.3 Å². The molecule has 0 aliphatic carbocycles. The first kappa shape index (κ1) is 14.4. The molecule has 0 aliphatic rings. The van der Waals surface area contributed by atoms with Crippen LogP contribution in [-0.4, -0.2) is 23.2 Å². The normalized spacial score (nSPS) is 12.5. The van der Waals surface area contributed by atoms with E-state index in [0.29, 0.717) is 12.6 Å². The first-order valence-electron chi connectivity index (χ1n) is 5.81. The molecule has 2 N–H and O–H groups in total. The fourth-order valence-corrected chi connectivity index (χ4v) is 1.31. The zero-order valence-electron chi connectivity index (χ0n) is 10.7. The molecule has 1 atom stereocenters. The van der Waals surface area contributed by atoms with Gasteiger partial charge in [-0.25, -0.2) is 9.18 Å². The molecule has 4 nitrogen and oxygen atoms in total. The smallest absolute Gasteiger partial charge is 0.344 e. The van der Waals surface area contributed by atoms with Crippen LogP contribution in [0.1, 0.15) is 26.3 Å². The molecule has 0 aliphatic heterocycles. The molecule has 0 saturated heterocycles. The number of hydrogen-bond acceptors (Lipinski definition) is 3. The van der Waals surface area contributed by atoms with Crippen molar-refractivity contribution in [2.24, 2.45) is 0 Å². The maximum Gasteiger partial charge on any atom is 0.344 e. The van der Waals surface area contributed by atoms with E-state index in [-0.39, 0.29) is 5.75 Å². The van der Waals surface area contributed by atoms with Gasteiger partial charge < -0.3 is 15.2 Å². The number of carbonyl (C=O) groups is 1. The van der Waals surface area contributed by atoms with E-state index in [1.54, 1.807) is 6.07 Å². The van der Waals surface area contributed by atoms with Crippen LogP contribution in [0.15, 0.2) is 18.2 Å². The van der Waals surface area contributed by atoms with Gasteiger partial charge in [-0.15, -0.1) is 0 Å². The van der Waals surface area contributed by atoms with Gasteiger partial charge in [0.25, 0.3) is 0 Å². The molecule has 0 aromatic heterocycles. The lowest BCUT2D eigenvalue weighted by Crippen LogP contribution is -2.24. The number of carboxylic acid groups (broad SMARTS) is 1. The van der Waals surface area contributed by atoms with Crippen LogP contribution in [0.25, 0.3) is 0 Å². The zero-order chi connectivity index (χ0) is 13.7. The Morgan fingerprint density at radius 1 is 1.44 bits per heavy atom. The fraction of sp³-hybridized carbons (Fsp3) is 0.462. The zero-order valence-corrected chi connectivity index (χ0v) is 10.7. The summed E-state index contributed by atoms with van der Waals surface area (Å²) in [7, 11) is 0. The Bertz CT molecular complexity index is 421. The highest BCUT2D eigenvalue weighted by atomic mass is 19.1. The number of rotatable bonds is 6. The van der Waals surface area contributed by atoms with Crippen molar-refractivity contribution in [1.82, 2.24) is 5.32 Å². The molecule has 0 heterocycles. The number of nitrogens with one attached hydrogen (secondary N) is 1. The van der Waals surface area contributed by atoms with E-state index in [1.165, 1.54) is 19.1 Å². The van der Waals surface area contributed by atoms with Gasteiger partial charge in [0.05, 0.1) is 0 Å². The van der Waals surface area contributed by atoms with Crippen LogP contribution in [0.2, 0.25) is 0 Å². The van der Waals surface area contributed by atoms with Crippen molar-refractivity contribution >= 4 is 5.97 Å². The highest BCUT2D eigenvalue weighted by molar-refractivity contribution is 5.72. The van der Waals surface area contributed by atoms with Crippen LogP contribution in [0, 0.1) is 5.82 Å². The number of aliphatic carboxylic acids is 1. The minimum atomic E-state index is -1.13. The molecule has 18 heavy (non-hydrogen) atoms. The average molecular weight is 255 g/mol. The summed E-state index contributed by atoms with van der Waals surface area (Å²) in [4.78, 5) is 10.6. The van der Waals surface area contributed by atoms with Gasteiger partial charge in [0.15, 0.2) is 17.7 Å². The maximum absolute atomic E-state index is 13.7. The van der Waals surface area contributed by atoms with Crippen molar-refractivity contribution in [1.29, 1.82) is 0 Å². The molecule has 0 radical (unpaired) electrons. The summed E-state index contributed by atoms with van der Waals surface area (Å²) in [6.07, 6.45) is -1.07. The lowest BCUT2D eigenvalue weighted by Gasteiger charge is -2.13. The second-order valence-electron chi connectivity index (χ2n) is 4.40. The Morgan fingerprint density at radius 2 is 2.11 bits per heavy atom. The standard InChI is InChI=1S/C13H18FNO3/c1-8(2)15-7-10-4-5-12(11(14)6-10)18-9(3)13(16)17/h4-6,8-9,15H,7H2,1-3H3,(H,16,17). The molecule has 100 valence electrons. The number of carboxylic acids is 1. The van der Waals surface area contributed by atoms with E-state index >= 15 is 0 Å². The second kappa shape index (κ2) is 6.35. The predicted molar refractivity (Wildman–Crippen MR) is 66.1 cm³/mol. The van der Waals surface area contributed by atoms with Crippen LogP contribution in [0.3, 0.4) is 0 Å². The molecule has 0 bridgehead atoms. The summed E-state index contributed by atoms with van der Waals surface area (Å²) in [5.74, 6) is -1.72. The molecule has 1 unspecified atom stereocenters. The van der Waals surface area contributed by atoms with Crippen LogP contribution >= 0.6 is 0 Å². The summed E-state index contributed by atoms with van der Waals surface area (Å²) in [5, 5.41) is 11.8. The number of ether oxygens (including phenoxy) is 1. The van der Waals surface area contributed by atoms with Gasteiger partial charge in [0, 0.05) is 12.6 Å². The van der Waals surface area contributed by atoms with Gasteiger partial charge in [0.1, 0.15) is 0 Å². The molecule has 5 heteroatoms. The molecule has 0 fully saturated rings. The van der Waals surface area contributed by atoms with E-state index < -0.39 is 17.9 Å². The van der Waals surface area contributed by atoms with Gasteiger partial charge in [-0.05, 0) is 24.6 Å². The van der Waals surface area contributed by atoms with Gasteiger partial charge in [-0.3, -0.25) is 0 Å². The van der Waals surface area contributed by atoms with E-state index in [1.807, 2.05) is 13.8 Å². The van der Waals surface area contributed by atoms with E-state index in [2.05, 4.69) is 5.32 Å². The molecule has 1 rings (SSSR count). The molecule has 0 amide bonds. The monoisotopic (exact) mass is 255 g/mol. The van der Waals surface area contributed by atoms with E-state index in [0.717, 1.165) is 5.56 Å². The van der Waals surface area contributed by atoms with Gasteiger partial charge in [-0.1, -0.05) is 19.9 Å². The molecule has 0 spiro atoms. The van der Waals surface area contributed by atoms with Gasteiger partial charge in [0.2, 0.25) is 0 Å². The lowest BCUT2D eigenvalue weighted by atomic mass is 10.2. The van der Waals surface area contributed by atoms with Crippen molar-refractivity contribution in [3.63, 3.8) is 0 Å². The molecule has 1 aromatic rings. The van der Waals surface area contributed by atoms with Crippen LogP contribution in [0.5, 0.6) is 5.75 Å². The Labute approximate surface area is 106 Å². The predicted octanol–water partition coefficient (Wildman–Crippen LogP) is 2.18. The summed E-state index contributed by atoms with van der Waals surface area (Å²) >= 11 is 0. The molecule has 0 saturated carbocycles. The third kappa shape index (κ3) is 4.33. The Balaban J connectivity index is 2.70. The van der Waals surface area contributed by atoms with Crippen molar-refractivity contribution in [3.8, 4) is 5.75 Å². The van der Waals surface area contributed by atoms with Crippen LogP contribution < -0.4 is 10.1 Å². The molecular formula is C13H18FNO3. The van der Waals surface area contributed by atoms with E-state index in [4.69, 9.17) is 9.84 Å².